The Morgan fingerprint density at radius 1 is 1.39 bits per heavy atom. The molecule has 6 heteroatoms. The molecule has 0 aliphatic heterocycles. The van der Waals surface area contributed by atoms with E-state index in [4.69, 9.17) is 0 Å². The van der Waals surface area contributed by atoms with Crippen molar-refractivity contribution in [3.05, 3.63) is 29.6 Å². The summed E-state index contributed by atoms with van der Waals surface area (Å²) < 4.78 is 25.6. The van der Waals surface area contributed by atoms with Gasteiger partial charge in [-0.15, -0.1) is 0 Å². The van der Waals surface area contributed by atoms with Gasteiger partial charge < -0.3 is 5.32 Å². The first-order valence-corrected chi connectivity index (χ1v) is 7.65. The molecule has 0 saturated heterocycles. The quantitative estimate of drug-likeness (QED) is 0.795. The summed E-state index contributed by atoms with van der Waals surface area (Å²) in [7, 11) is -1.47. The van der Waals surface area contributed by atoms with Gasteiger partial charge in [-0.3, -0.25) is 4.98 Å². The Kier molecular flexibility index (Phi) is 5.71. The van der Waals surface area contributed by atoms with Gasteiger partial charge >= 0.3 is 0 Å². The molecule has 0 spiro atoms. The van der Waals surface area contributed by atoms with Gasteiger partial charge in [-0.25, -0.2) is 8.42 Å². The van der Waals surface area contributed by atoms with Crippen LogP contribution in [0.15, 0.2) is 18.2 Å². The van der Waals surface area contributed by atoms with E-state index >= 15 is 0 Å². The molecule has 0 saturated carbocycles. The lowest BCUT2D eigenvalue weighted by Crippen LogP contribution is -2.35. The van der Waals surface area contributed by atoms with Crippen LogP contribution in [0.3, 0.4) is 0 Å². The molecule has 0 amide bonds. The molecule has 18 heavy (non-hydrogen) atoms. The fraction of sp³-hybridized carbons (Fsp3) is 0.583. The molecule has 5 nitrogen and oxygen atoms in total. The molecule has 0 fully saturated rings. The highest BCUT2D eigenvalue weighted by Gasteiger charge is 2.20. The molecule has 1 heterocycles. The minimum atomic E-state index is -3.21. The maximum Gasteiger partial charge on any atom is 0.215 e. The molecular weight excluding hydrogens is 250 g/mol. The zero-order chi connectivity index (χ0) is 13.6. The Labute approximate surface area is 109 Å². The van der Waals surface area contributed by atoms with Gasteiger partial charge in [0.1, 0.15) is 0 Å². The molecule has 1 rings (SSSR count). The third kappa shape index (κ3) is 4.36. The van der Waals surface area contributed by atoms with Gasteiger partial charge in [-0.1, -0.05) is 13.0 Å². The van der Waals surface area contributed by atoms with Gasteiger partial charge in [0.2, 0.25) is 10.0 Å². The van der Waals surface area contributed by atoms with E-state index in [1.807, 2.05) is 32.0 Å². The van der Waals surface area contributed by atoms with E-state index in [-0.39, 0.29) is 5.75 Å². The van der Waals surface area contributed by atoms with Gasteiger partial charge in [-0.05, 0) is 26.1 Å². The van der Waals surface area contributed by atoms with Crippen LogP contribution in [0.25, 0.3) is 0 Å². The standard InChI is InChI=1S/C12H21N3O2S/c1-4-15(18(16,17)9-8-13-3)10-12-7-5-6-11(2)14-12/h5-7,13H,4,8-10H2,1-3H3. The average molecular weight is 271 g/mol. The van der Waals surface area contributed by atoms with Crippen LogP contribution in [0.1, 0.15) is 18.3 Å². The van der Waals surface area contributed by atoms with Crippen LogP contribution in [0.5, 0.6) is 0 Å². The minimum absolute atomic E-state index is 0.114. The van der Waals surface area contributed by atoms with Crippen LogP contribution in [0, 0.1) is 6.92 Å². The molecule has 0 aliphatic rings. The van der Waals surface area contributed by atoms with Gasteiger partial charge in [-0.2, -0.15) is 4.31 Å². The van der Waals surface area contributed by atoms with Crippen molar-refractivity contribution in [2.24, 2.45) is 0 Å². The van der Waals surface area contributed by atoms with E-state index < -0.39 is 10.0 Å². The Hall–Kier alpha value is -0.980. The summed E-state index contributed by atoms with van der Waals surface area (Å²) in [5.74, 6) is 0.114. The number of hydrogen-bond acceptors (Lipinski definition) is 4. The van der Waals surface area contributed by atoms with Crippen LogP contribution in [0.4, 0.5) is 0 Å². The van der Waals surface area contributed by atoms with E-state index in [0.717, 1.165) is 11.4 Å². The molecule has 102 valence electrons. The van der Waals surface area contributed by atoms with E-state index in [0.29, 0.717) is 19.6 Å². The third-order valence-electron chi connectivity index (χ3n) is 2.64. The van der Waals surface area contributed by atoms with Crippen LogP contribution in [-0.2, 0) is 16.6 Å². The third-order valence-corrected chi connectivity index (χ3v) is 4.53. The first-order valence-electron chi connectivity index (χ1n) is 6.04. The molecule has 1 aromatic heterocycles. The number of sulfonamides is 1. The monoisotopic (exact) mass is 271 g/mol. The molecule has 0 atom stereocenters. The second-order valence-corrected chi connectivity index (χ2v) is 6.20. The van der Waals surface area contributed by atoms with Gasteiger partial charge in [0, 0.05) is 18.8 Å². The fourth-order valence-corrected chi connectivity index (χ4v) is 3.08. The predicted octanol–water partition coefficient (Wildman–Crippen LogP) is 0.761. The van der Waals surface area contributed by atoms with E-state index in [9.17, 15) is 8.42 Å². The molecule has 0 radical (unpaired) electrons. The Balaban J connectivity index is 2.78. The number of nitrogens with zero attached hydrogens (tertiary/aromatic N) is 2. The largest absolute Gasteiger partial charge is 0.319 e. The molecule has 1 N–H and O–H groups in total. The predicted molar refractivity (Wildman–Crippen MR) is 72.8 cm³/mol. The van der Waals surface area contributed by atoms with Gasteiger partial charge in [0.25, 0.3) is 0 Å². The summed E-state index contributed by atoms with van der Waals surface area (Å²) in [6.07, 6.45) is 0. The Morgan fingerprint density at radius 3 is 2.67 bits per heavy atom. The number of hydrogen-bond donors (Lipinski definition) is 1. The SMILES string of the molecule is CCN(Cc1cccc(C)n1)S(=O)(=O)CCNC. The van der Waals surface area contributed by atoms with Crippen molar-refractivity contribution in [1.82, 2.24) is 14.6 Å². The lowest BCUT2D eigenvalue weighted by molar-refractivity contribution is 0.418. The van der Waals surface area contributed by atoms with Crippen LogP contribution in [0.2, 0.25) is 0 Å². The fourth-order valence-electron chi connectivity index (χ4n) is 1.64. The number of aryl methyl sites for hydroxylation is 1. The number of nitrogens with one attached hydrogen (secondary N) is 1. The van der Waals surface area contributed by atoms with Crippen molar-refractivity contribution in [2.75, 3.05) is 25.9 Å². The van der Waals surface area contributed by atoms with Crippen molar-refractivity contribution >= 4 is 10.0 Å². The minimum Gasteiger partial charge on any atom is -0.319 e. The Bertz CT molecular complexity index is 474. The van der Waals surface area contributed by atoms with Crippen molar-refractivity contribution in [2.45, 2.75) is 20.4 Å². The van der Waals surface area contributed by atoms with Crippen LogP contribution < -0.4 is 5.32 Å². The first kappa shape index (κ1) is 15.1. The highest BCUT2D eigenvalue weighted by atomic mass is 32.2. The number of pyridine rings is 1. The van der Waals surface area contributed by atoms with Gasteiger partial charge in [0.05, 0.1) is 18.0 Å². The molecule has 0 aromatic carbocycles. The van der Waals surface area contributed by atoms with E-state index in [1.165, 1.54) is 4.31 Å². The first-order chi connectivity index (χ1) is 8.49. The molecule has 0 unspecified atom stereocenters. The molecule has 1 aromatic rings. The summed E-state index contributed by atoms with van der Waals surface area (Å²) in [5.41, 5.74) is 1.68. The number of aromatic nitrogens is 1. The highest BCUT2D eigenvalue weighted by Crippen LogP contribution is 2.08. The van der Waals surface area contributed by atoms with E-state index in [2.05, 4.69) is 10.3 Å². The zero-order valence-electron chi connectivity index (χ0n) is 11.2. The van der Waals surface area contributed by atoms with Crippen molar-refractivity contribution in [1.29, 1.82) is 0 Å². The lowest BCUT2D eigenvalue weighted by Gasteiger charge is -2.20. The smallest absolute Gasteiger partial charge is 0.215 e. The summed E-state index contributed by atoms with van der Waals surface area (Å²) >= 11 is 0. The Morgan fingerprint density at radius 2 is 2.11 bits per heavy atom. The number of rotatable bonds is 7. The molecule has 0 bridgehead atoms. The van der Waals surface area contributed by atoms with Crippen LogP contribution in [-0.4, -0.2) is 43.6 Å². The summed E-state index contributed by atoms with van der Waals surface area (Å²) in [5, 5.41) is 2.85. The maximum atomic E-state index is 12.1. The van der Waals surface area contributed by atoms with Crippen molar-refractivity contribution < 1.29 is 8.42 Å². The van der Waals surface area contributed by atoms with Gasteiger partial charge in [0.15, 0.2) is 0 Å². The normalized spacial score (nSPS) is 12.0. The van der Waals surface area contributed by atoms with E-state index in [1.54, 1.807) is 7.05 Å². The maximum absolute atomic E-state index is 12.1. The average Bonchev–Trinajstić information content (AvgIpc) is 2.33. The molecule has 0 aliphatic carbocycles. The highest BCUT2D eigenvalue weighted by molar-refractivity contribution is 7.89. The van der Waals surface area contributed by atoms with Crippen LogP contribution >= 0.6 is 0 Å². The second kappa shape index (κ2) is 6.82. The molecular formula is C12H21N3O2S. The summed E-state index contributed by atoms with van der Waals surface area (Å²) in [6, 6.07) is 5.64. The zero-order valence-corrected chi connectivity index (χ0v) is 12.0. The lowest BCUT2D eigenvalue weighted by atomic mass is 10.3. The van der Waals surface area contributed by atoms with Crippen molar-refractivity contribution in [3.63, 3.8) is 0 Å². The summed E-state index contributed by atoms with van der Waals surface area (Å²) in [4.78, 5) is 4.33. The van der Waals surface area contributed by atoms with Crippen molar-refractivity contribution in [3.8, 4) is 0 Å². The summed E-state index contributed by atoms with van der Waals surface area (Å²) in [6.45, 7) is 4.99. The second-order valence-electron chi connectivity index (χ2n) is 4.12. The topological polar surface area (TPSA) is 62.3 Å².